The maximum atomic E-state index is 11.6. The second kappa shape index (κ2) is 20.8. The van der Waals surface area contributed by atoms with E-state index in [1.807, 2.05) is 13.0 Å². The average Bonchev–Trinajstić information content (AvgIpc) is 3.53. The molecule has 7 atom stereocenters. The van der Waals surface area contributed by atoms with Crippen LogP contribution in [0.5, 0.6) is 0 Å². The first kappa shape index (κ1) is 35.2. The lowest BCUT2D eigenvalue weighted by Gasteiger charge is -2.22. The largest absolute Gasteiger partial charge is 0.455 e. The van der Waals surface area contributed by atoms with Crippen LogP contribution in [0.4, 0.5) is 0 Å². The monoisotopic (exact) mass is 568 g/mol. The van der Waals surface area contributed by atoms with Gasteiger partial charge in [0.25, 0.3) is 0 Å². The maximum Gasteiger partial charge on any atom is 0.334 e. The summed E-state index contributed by atoms with van der Waals surface area (Å²) in [5.41, 5.74) is 0.615. The van der Waals surface area contributed by atoms with Crippen molar-refractivity contribution in [3.63, 3.8) is 0 Å². The van der Waals surface area contributed by atoms with E-state index in [0.717, 1.165) is 57.8 Å². The number of unbranched alkanes of at least 4 members (excludes halogenated alkanes) is 11. The number of carbonyl (C=O) groups excluding carboxylic acids is 1. The number of ether oxygens (including phenoxy) is 2. The van der Waals surface area contributed by atoms with E-state index >= 15 is 0 Å². The van der Waals surface area contributed by atoms with Gasteiger partial charge in [0.2, 0.25) is 0 Å². The van der Waals surface area contributed by atoms with Crippen molar-refractivity contribution in [2.75, 3.05) is 0 Å². The number of hydrogen-bond acceptors (Lipinski definition) is 7. The number of aliphatic hydroxyl groups excluding tert-OH is 4. The zero-order valence-electron chi connectivity index (χ0n) is 25.5. The molecule has 0 aromatic rings. The number of esters is 1. The summed E-state index contributed by atoms with van der Waals surface area (Å²) in [7, 11) is 0. The summed E-state index contributed by atoms with van der Waals surface area (Å²) in [6, 6.07) is 0. The Balaban J connectivity index is 1.40. The van der Waals surface area contributed by atoms with Crippen molar-refractivity contribution in [2.45, 2.75) is 191 Å². The van der Waals surface area contributed by atoms with Gasteiger partial charge >= 0.3 is 5.97 Å². The Kier molecular flexibility index (Phi) is 18.3. The summed E-state index contributed by atoms with van der Waals surface area (Å²) in [5, 5.41) is 41.2. The smallest absolute Gasteiger partial charge is 0.334 e. The van der Waals surface area contributed by atoms with E-state index in [4.69, 9.17) is 9.47 Å². The van der Waals surface area contributed by atoms with Crippen LogP contribution in [0.2, 0.25) is 0 Å². The molecule has 4 N–H and O–H groups in total. The Morgan fingerprint density at radius 2 is 1.38 bits per heavy atom. The Bertz CT molecular complexity index is 696. The molecule has 0 aromatic carbocycles. The van der Waals surface area contributed by atoms with Crippen LogP contribution in [-0.4, -0.2) is 69.1 Å². The molecule has 7 heteroatoms. The van der Waals surface area contributed by atoms with E-state index < -0.39 is 24.4 Å². The molecule has 0 aromatic heterocycles. The topological polar surface area (TPSA) is 116 Å². The van der Waals surface area contributed by atoms with E-state index in [1.54, 1.807) is 0 Å². The van der Waals surface area contributed by atoms with Crippen LogP contribution in [0.1, 0.15) is 149 Å². The molecule has 2 aliphatic heterocycles. The summed E-state index contributed by atoms with van der Waals surface area (Å²) in [5.74, 6) is -0.282. The fraction of sp³-hybridized carbons (Fsp3) is 0.909. The second-order valence-corrected chi connectivity index (χ2v) is 12.4. The van der Waals surface area contributed by atoms with Crippen molar-refractivity contribution < 1.29 is 34.7 Å². The minimum atomic E-state index is -0.768. The molecule has 0 unspecified atom stereocenters. The number of aliphatic hydroxyl groups is 4. The molecule has 1 saturated heterocycles. The summed E-state index contributed by atoms with van der Waals surface area (Å²) in [6.07, 6.45) is 19.8. The highest BCUT2D eigenvalue weighted by molar-refractivity contribution is 5.90. The van der Waals surface area contributed by atoms with Crippen LogP contribution in [0.25, 0.3) is 0 Å². The molecule has 234 valence electrons. The fourth-order valence-electron chi connectivity index (χ4n) is 6.05. The average molecular weight is 569 g/mol. The molecule has 2 rings (SSSR count). The summed E-state index contributed by atoms with van der Waals surface area (Å²) in [4.78, 5) is 11.6. The summed E-state index contributed by atoms with van der Waals surface area (Å²) < 4.78 is 11.2. The highest BCUT2D eigenvalue weighted by Crippen LogP contribution is 2.28. The van der Waals surface area contributed by atoms with Crippen LogP contribution in [0.3, 0.4) is 0 Å². The van der Waals surface area contributed by atoms with E-state index in [1.165, 1.54) is 51.4 Å². The second-order valence-electron chi connectivity index (χ2n) is 12.4. The molecule has 0 spiro atoms. The molecular weight excluding hydrogens is 508 g/mol. The van der Waals surface area contributed by atoms with Gasteiger partial charge in [-0.3, -0.25) is 0 Å². The molecule has 2 heterocycles. The van der Waals surface area contributed by atoms with Crippen molar-refractivity contribution in [3.05, 3.63) is 11.6 Å². The lowest BCUT2D eigenvalue weighted by molar-refractivity contribution is -0.139. The lowest BCUT2D eigenvalue weighted by Crippen LogP contribution is -2.31. The van der Waals surface area contributed by atoms with Gasteiger partial charge in [0.1, 0.15) is 6.10 Å². The van der Waals surface area contributed by atoms with E-state index in [9.17, 15) is 25.2 Å². The van der Waals surface area contributed by atoms with Gasteiger partial charge in [0, 0.05) is 12.0 Å². The van der Waals surface area contributed by atoms with Gasteiger partial charge in [-0.25, -0.2) is 4.79 Å². The molecule has 0 amide bonds. The standard InChI is InChI=1S/C33H60O7/c1-3-4-5-10-15-18-29(35)30(36)20-21-31(37)32-22-19-28(40-32)17-14-12-9-7-6-8-11-13-16-27(34)24-26-23-25(2)39-33(26)38/h23,25,27-32,34-37H,3-22,24H2,1-2H3/t25-,27+,28-,29+,30-,31-,32-/m0/s1. The number of carbonyl (C=O) groups is 1. The van der Waals surface area contributed by atoms with Crippen molar-refractivity contribution in [2.24, 2.45) is 0 Å². The van der Waals surface area contributed by atoms with Gasteiger partial charge in [-0.2, -0.15) is 0 Å². The summed E-state index contributed by atoms with van der Waals surface area (Å²) >= 11 is 0. The Morgan fingerprint density at radius 1 is 0.775 bits per heavy atom. The van der Waals surface area contributed by atoms with Crippen LogP contribution in [-0.2, 0) is 14.3 Å². The molecule has 0 aliphatic carbocycles. The van der Waals surface area contributed by atoms with Crippen molar-refractivity contribution in [3.8, 4) is 0 Å². The predicted octanol–water partition coefficient (Wildman–Crippen LogP) is 6.28. The highest BCUT2D eigenvalue weighted by Gasteiger charge is 2.31. The highest BCUT2D eigenvalue weighted by atomic mass is 16.5. The molecule has 0 saturated carbocycles. The van der Waals surface area contributed by atoms with Crippen molar-refractivity contribution in [1.29, 1.82) is 0 Å². The fourth-order valence-corrected chi connectivity index (χ4v) is 6.05. The third kappa shape index (κ3) is 14.8. The zero-order valence-corrected chi connectivity index (χ0v) is 25.5. The molecule has 7 nitrogen and oxygen atoms in total. The normalized spacial score (nSPS) is 24.1. The minimum Gasteiger partial charge on any atom is -0.455 e. The van der Waals surface area contributed by atoms with Gasteiger partial charge in [-0.05, 0) is 57.9 Å². The number of rotatable bonds is 24. The van der Waals surface area contributed by atoms with Gasteiger partial charge < -0.3 is 29.9 Å². The Morgan fingerprint density at radius 3 is 2.02 bits per heavy atom. The lowest BCUT2D eigenvalue weighted by atomic mass is 9.98. The van der Waals surface area contributed by atoms with E-state index in [-0.39, 0.29) is 24.3 Å². The molecule has 2 aliphatic rings. The third-order valence-corrected chi connectivity index (χ3v) is 8.64. The van der Waals surface area contributed by atoms with Gasteiger partial charge in [0.05, 0.1) is 36.6 Å². The molecule has 0 bridgehead atoms. The van der Waals surface area contributed by atoms with E-state index in [0.29, 0.717) is 31.3 Å². The maximum absolute atomic E-state index is 11.6. The quantitative estimate of drug-likeness (QED) is 0.0800. The predicted molar refractivity (Wildman–Crippen MR) is 159 cm³/mol. The third-order valence-electron chi connectivity index (χ3n) is 8.64. The van der Waals surface area contributed by atoms with Crippen molar-refractivity contribution in [1.82, 2.24) is 0 Å². The molecule has 40 heavy (non-hydrogen) atoms. The summed E-state index contributed by atoms with van der Waals surface area (Å²) in [6.45, 7) is 4.02. The molecule has 0 radical (unpaired) electrons. The van der Waals surface area contributed by atoms with Crippen LogP contribution in [0.15, 0.2) is 11.6 Å². The van der Waals surface area contributed by atoms with Crippen LogP contribution in [0, 0.1) is 0 Å². The number of hydrogen-bond donors (Lipinski definition) is 4. The minimum absolute atomic E-state index is 0.144. The number of cyclic esters (lactones) is 1. The van der Waals surface area contributed by atoms with Gasteiger partial charge in [-0.15, -0.1) is 0 Å². The van der Waals surface area contributed by atoms with Crippen LogP contribution >= 0.6 is 0 Å². The molecular formula is C33H60O7. The van der Waals surface area contributed by atoms with Gasteiger partial charge in [-0.1, -0.05) is 90.4 Å². The first-order valence-corrected chi connectivity index (χ1v) is 16.6. The first-order valence-electron chi connectivity index (χ1n) is 16.6. The van der Waals surface area contributed by atoms with E-state index in [2.05, 4.69) is 6.92 Å². The first-order chi connectivity index (χ1) is 19.3. The zero-order chi connectivity index (χ0) is 29.2. The Labute approximate surface area is 243 Å². The Hall–Kier alpha value is -0.990. The molecule has 1 fully saturated rings. The SMILES string of the molecule is CCCCCCC[C@@H](O)[C@@H](O)CC[C@H](O)[C@@H]1CC[C@H](CCCCCCCCCC[C@@H](O)CC2=C[C@H](C)OC2=O)O1. The van der Waals surface area contributed by atoms with Crippen LogP contribution < -0.4 is 0 Å². The van der Waals surface area contributed by atoms with Crippen molar-refractivity contribution >= 4 is 5.97 Å². The van der Waals surface area contributed by atoms with Gasteiger partial charge in [0.15, 0.2) is 0 Å².